The number of nitrogens with zero attached hydrogens (tertiary/aromatic N) is 1. The van der Waals surface area contributed by atoms with E-state index in [4.69, 9.17) is 0 Å². The van der Waals surface area contributed by atoms with Crippen LogP contribution < -0.4 is 0 Å². The molecule has 0 aromatic carbocycles. The predicted octanol–water partition coefficient (Wildman–Crippen LogP) is 2.36. The summed E-state index contributed by atoms with van der Waals surface area (Å²) in [4.78, 5) is 0. The van der Waals surface area contributed by atoms with Gasteiger partial charge in [0.15, 0.2) is 0 Å². The van der Waals surface area contributed by atoms with Crippen LogP contribution in [0.25, 0.3) is 0 Å². The van der Waals surface area contributed by atoms with Gasteiger partial charge in [-0.15, -0.1) is 0 Å². The molecule has 0 spiro atoms. The number of quaternary nitrogens is 1. The zero-order valence-electron chi connectivity index (χ0n) is 12.2. The average Bonchev–Trinajstić information content (AvgIpc) is 2.24. The first-order valence-corrected chi connectivity index (χ1v) is 8.75. The highest BCUT2D eigenvalue weighted by Crippen LogP contribution is 2.14. The molecule has 0 rings (SSSR count). The first kappa shape index (κ1) is 17.9. The molecule has 0 bridgehead atoms. The number of hydrogen-bond acceptors (Lipinski definition) is 3. The number of unbranched alkanes of at least 4 members (excludes halogenated alkanes) is 1. The highest BCUT2D eigenvalue weighted by Gasteiger charge is 2.23. The second-order valence-corrected chi connectivity index (χ2v) is 6.73. The summed E-state index contributed by atoms with van der Waals surface area (Å²) in [6.07, 6.45) is 4.80. The summed E-state index contributed by atoms with van der Waals surface area (Å²) in [6, 6.07) is 0. The van der Waals surface area contributed by atoms with E-state index in [0.29, 0.717) is 6.42 Å². The Hall–Kier alpha value is -0.130. The summed E-state index contributed by atoms with van der Waals surface area (Å²) in [5, 5.41) is 0. The second-order valence-electron chi connectivity index (χ2n) is 5.20. The molecule has 0 fully saturated rings. The maximum atomic E-state index is 10.6. The van der Waals surface area contributed by atoms with E-state index in [1.54, 1.807) is 0 Å². The molecular weight excluding hydrogens is 250 g/mol. The fourth-order valence-electron chi connectivity index (χ4n) is 2.82. The van der Waals surface area contributed by atoms with Gasteiger partial charge in [-0.2, -0.15) is 0 Å². The summed E-state index contributed by atoms with van der Waals surface area (Å²) >= 11 is 0. The highest BCUT2D eigenvalue weighted by atomic mass is 32.2. The van der Waals surface area contributed by atoms with Gasteiger partial charge in [0.25, 0.3) is 0 Å². The van der Waals surface area contributed by atoms with Gasteiger partial charge in [-0.25, -0.2) is 8.42 Å². The number of rotatable bonds is 11. The molecule has 110 valence electrons. The summed E-state index contributed by atoms with van der Waals surface area (Å²) in [7, 11) is -4.04. The molecule has 0 aliphatic heterocycles. The van der Waals surface area contributed by atoms with Crippen molar-refractivity contribution in [1.82, 2.24) is 0 Å². The van der Waals surface area contributed by atoms with Crippen LogP contribution in [-0.4, -0.2) is 49.4 Å². The Kier molecular flexibility index (Phi) is 8.82. The second kappa shape index (κ2) is 8.88. The lowest BCUT2D eigenvalue weighted by Crippen LogP contribution is -2.50. The van der Waals surface area contributed by atoms with E-state index < -0.39 is 10.1 Å². The smallest absolute Gasteiger partial charge is 0.0945 e. The standard InChI is InChI=1S/C13H29NO3S/c1-4-9-14(10-5-2,11-6-3)12-7-8-13-18(15,16)17/h4-13H2,1-3H3. The Morgan fingerprint density at radius 1 is 0.833 bits per heavy atom. The SMILES string of the molecule is CCC[N+](CCC)(CCC)CCCCS(=O)(=O)[O-]. The topological polar surface area (TPSA) is 57.2 Å². The van der Waals surface area contributed by atoms with Crippen molar-refractivity contribution in [2.24, 2.45) is 0 Å². The zero-order valence-corrected chi connectivity index (χ0v) is 13.0. The van der Waals surface area contributed by atoms with Crippen molar-refractivity contribution in [1.29, 1.82) is 0 Å². The summed E-state index contributed by atoms with van der Waals surface area (Å²) in [6.45, 7) is 11.1. The highest BCUT2D eigenvalue weighted by molar-refractivity contribution is 7.85. The Labute approximate surface area is 113 Å². The molecule has 0 aromatic heterocycles. The summed E-state index contributed by atoms with van der Waals surface area (Å²) in [5.41, 5.74) is 0. The van der Waals surface area contributed by atoms with Crippen molar-refractivity contribution < 1.29 is 17.5 Å². The van der Waals surface area contributed by atoms with Crippen LogP contribution >= 0.6 is 0 Å². The average molecular weight is 279 g/mol. The van der Waals surface area contributed by atoms with E-state index in [9.17, 15) is 13.0 Å². The lowest BCUT2D eigenvalue weighted by molar-refractivity contribution is -0.928. The third-order valence-corrected chi connectivity index (χ3v) is 4.16. The van der Waals surface area contributed by atoms with E-state index >= 15 is 0 Å². The van der Waals surface area contributed by atoms with Crippen LogP contribution in [0, 0.1) is 0 Å². The molecule has 4 nitrogen and oxygen atoms in total. The molecule has 0 aliphatic carbocycles. The molecule has 0 N–H and O–H groups in total. The van der Waals surface area contributed by atoms with Gasteiger partial charge in [-0.1, -0.05) is 20.8 Å². The minimum atomic E-state index is -4.04. The molecule has 0 amide bonds. The molecule has 5 heteroatoms. The molecule has 0 saturated carbocycles. The van der Waals surface area contributed by atoms with Crippen molar-refractivity contribution >= 4 is 10.1 Å². The zero-order chi connectivity index (χ0) is 14.1. The molecular formula is C13H29NO3S. The Bertz CT molecular complexity index is 284. The molecule has 0 unspecified atom stereocenters. The van der Waals surface area contributed by atoms with E-state index in [1.807, 2.05) is 0 Å². The van der Waals surface area contributed by atoms with Crippen LogP contribution in [0.3, 0.4) is 0 Å². The quantitative estimate of drug-likeness (QED) is 0.331. The van der Waals surface area contributed by atoms with Crippen molar-refractivity contribution in [2.75, 3.05) is 31.9 Å². The fourth-order valence-corrected chi connectivity index (χ4v) is 3.38. The lowest BCUT2D eigenvalue weighted by Gasteiger charge is -2.38. The minimum absolute atomic E-state index is 0.211. The Balaban J connectivity index is 4.29. The van der Waals surface area contributed by atoms with Crippen LogP contribution in [0.15, 0.2) is 0 Å². The van der Waals surface area contributed by atoms with Crippen molar-refractivity contribution in [2.45, 2.75) is 52.9 Å². The Morgan fingerprint density at radius 2 is 1.28 bits per heavy atom. The van der Waals surface area contributed by atoms with Crippen LogP contribution in [0.4, 0.5) is 0 Å². The van der Waals surface area contributed by atoms with Crippen LogP contribution in [0.2, 0.25) is 0 Å². The van der Waals surface area contributed by atoms with Gasteiger partial charge < -0.3 is 9.04 Å². The Morgan fingerprint density at radius 3 is 1.61 bits per heavy atom. The minimum Gasteiger partial charge on any atom is -0.748 e. The first-order valence-electron chi connectivity index (χ1n) is 7.17. The normalized spacial score (nSPS) is 12.9. The van der Waals surface area contributed by atoms with Crippen LogP contribution in [0.5, 0.6) is 0 Å². The summed E-state index contributed by atoms with van der Waals surface area (Å²) < 4.78 is 32.8. The number of hydrogen-bond donors (Lipinski definition) is 0. The van der Waals surface area contributed by atoms with E-state index in [1.165, 1.54) is 0 Å². The third-order valence-electron chi connectivity index (χ3n) is 3.37. The monoisotopic (exact) mass is 279 g/mol. The van der Waals surface area contributed by atoms with Gasteiger partial charge in [-0.05, 0) is 32.1 Å². The van der Waals surface area contributed by atoms with Gasteiger partial charge in [0.2, 0.25) is 0 Å². The fraction of sp³-hybridized carbons (Fsp3) is 1.00. The molecule has 0 aliphatic rings. The van der Waals surface area contributed by atoms with Gasteiger partial charge >= 0.3 is 0 Å². The van der Waals surface area contributed by atoms with Gasteiger partial charge in [0.05, 0.1) is 36.3 Å². The largest absolute Gasteiger partial charge is 0.748 e. The maximum absolute atomic E-state index is 10.6. The van der Waals surface area contributed by atoms with Crippen molar-refractivity contribution in [3.05, 3.63) is 0 Å². The van der Waals surface area contributed by atoms with Gasteiger partial charge in [0.1, 0.15) is 0 Å². The molecule has 0 saturated heterocycles. The van der Waals surface area contributed by atoms with E-state index in [2.05, 4.69) is 20.8 Å². The molecule has 0 heterocycles. The predicted molar refractivity (Wildman–Crippen MR) is 74.4 cm³/mol. The molecule has 0 radical (unpaired) electrons. The maximum Gasteiger partial charge on any atom is 0.0945 e. The van der Waals surface area contributed by atoms with Gasteiger partial charge in [-0.3, -0.25) is 0 Å². The molecule has 18 heavy (non-hydrogen) atoms. The molecule has 0 aromatic rings. The lowest BCUT2D eigenvalue weighted by atomic mass is 10.2. The van der Waals surface area contributed by atoms with E-state index in [-0.39, 0.29) is 5.75 Å². The van der Waals surface area contributed by atoms with E-state index in [0.717, 1.165) is 56.3 Å². The van der Waals surface area contributed by atoms with Crippen LogP contribution in [-0.2, 0) is 10.1 Å². The molecule has 0 atom stereocenters. The third kappa shape index (κ3) is 8.06. The summed E-state index contributed by atoms with van der Waals surface area (Å²) in [5.74, 6) is -0.211. The van der Waals surface area contributed by atoms with Crippen molar-refractivity contribution in [3.8, 4) is 0 Å². The first-order chi connectivity index (χ1) is 8.39. The van der Waals surface area contributed by atoms with Crippen LogP contribution in [0.1, 0.15) is 52.9 Å². The van der Waals surface area contributed by atoms with Gasteiger partial charge in [0, 0.05) is 5.75 Å². The van der Waals surface area contributed by atoms with Crippen molar-refractivity contribution in [3.63, 3.8) is 0 Å².